The van der Waals surface area contributed by atoms with Gasteiger partial charge in [-0.15, -0.1) is 0 Å². The number of likely N-dealkylation sites (N-methyl/N-ethyl adjacent to an activating group) is 1. The van der Waals surface area contributed by atoms with Crippen LogP contribution >= 0.6 is 11.6 Å². The van der Waals surface area contributed by atoms with Gasteiger partial charge in [0, 0.05) is 42.7 Å². The number of amides is 3. The molecule has 1 aliphatic carbocycles. The number of piperidine rings is 1. The number of likely N-dealkylation sites (tertiary alicyclic amines) is 1. The number of nitrogens with one attached hydrogen (secondary N) is 3. The summed E-state index contributed by atoms with van der Waals surface area (Å²) in [6.45, 7) is 4.20. The number of aliphatic carboxylic acids is 1. The summed E-state index contributed by atoms with van der Waals surface area (Å²) < 4.78 is 42.7. The largest absolute Gasteiger partial charge is 0.490 e. The van der Waals surface area contributed by atoms with Gasteiger partial charge in [-0.3, -0.25) is 0 Å². The van der Waals surface area contributed by atoms with Crippen molar-refractivity contribution in [3.8, 4) is 0 Å². The fraction of sp³-hybridized carbons (Fsp3) is 0.710. The lowest BCUT2D eigenvalue weighted by atomic mass is 9.83. The highest BCUT2D eigenvalue weighted by atomic mass is 35.5. The number of benzene rings is 1. The number of methoxy groups -OCH3 is 1. The molecule has 0 radical (unpaired) electrons. The smallest absolute Gasteiger partial charge is 0.475 e. The second-order valence-electron chi connectivity index (χ2n) is 11.5. The second kappa shape index (κ2) is 19.7. The van der Waals surface area contributed by atoms with E-state index in [4.69, 9.17) is 26.2 Å². The minimum absolute atomic E-state index is 0.0152. The molecular formula is C31H48ClF3N4O6. The number of alkyl carbamates (subject to hydrolysis) is 1. The number of rotatable bonds is 12. The molecule has 1 aliphatic heterocycles. The molecule has 256 valence electrons. The molecule has 10 nitrogen and oxygen atoms in total. The van der Waals surface area contributed by atoms with E-state index < -0.39 is 18.2 Å². The number of hydrogen-bond acceptors (Lipinski definition) is 6. The van der Waals surface area contributed by atoms with Crippen LogP contribution in [0.15, 0.2) is 24.3 Å². The SMILES string of the molecule is CC[C@@H](NC)[C@H](CC1CCCCC1)NC(=O)N1CCC[C@@H]([C@@H](OCCNC(=O)OC)c2cccc(Cl)c2)C1.O=C(O)C(F)(F)F. The molecule has 45 heavy (non-hydrogen) atoms. The predicted octanol–water partition coefficient (Wildman–Crippen LogP) is 6.15. The summed E-state index contributed by atoms with van der Waals surface area (Å²) in [6.07, 6.45) is 4.53. The van der Waals surface area contributed by atoms with Crippen LogP contribution in [0, 0.1) is 11.8 Å². The molecule has 1 heterocycles. The van der Waals surface area contributed by atoms with E-state index in [2.05, 4.69) is 27.6 Å². The van der Waals surface area contributed by atoms with Crippen LogP contribution in [-0.4, -0.2) is 86.8 Å². The molecule has 4 atom stereocenters. The van der Waals surface area contributed by atoms with Gasteiger partial charge in [0.25, 0.3) is 0 Å². The maximum atomic E-state index is 13.6. The first-order valence-electron chi connectivity index (χ1n) is 15.6. The zero-order valence-electron chi connectivity index (χ0n) is 26.3. The molecule has 1 aromatic carbocycles. The Morgan fingerprint density at radius 2 is 1.80 bits per heavy atom. The van der Waals surface area contributed by atoms with Gasteiger partial charge in [0.15, 0.2) is 0 Å². The van der Waals surface area contributed by atoms with Gasteiger partial charge in [-0.25, -0.2) is 14.4 Å². The molecule has 0 spiro atoms. The number of carbonyl (C=O) groups excluding carboxylic acids is 2. The Morgan fingerprint density at radius 1 is 1.11 bits per heavy atom. The fourth-order valence-corrected chi connectivity index (χ4v) is 6.28. The minimum Gasteiger partial charge on any atom is -0.475 e. The topological polar surface area (TPSA) is 129 Å². The molecule has 1 saturated heterocycles. The van der Waals surface area contributed by atoms with Crippen molar-refractivity contribution in [3.63, 3.8) is 0 Å². The van der Waals surface area contributed by atoms with Gasteiger partial charge >= 0.3 is 24.3 Å². The van der Waals surface area contributed by atoms with Gasteiger partial charge in [-0.05, 0) is 56.3 Å². The van der Waals surface area contributed by atoms with Crippen molar-refractivity contribution >= 4 is 29.7 Å². The first-order valence-corrected chi connectivity index (χ1v) is 16.0. The summed E-state index contributed by atoms with van der Waals surface area (Å²) in [5.41, 5.74) is 0.985. The average molecular weight is 665 g/mol. The fourth-order valence-electron chi connectivity index (χ4n) is 6.09. The van der Waals surface area contributed by atoms with E-state index in [1.807, 2.05) is 36.2 Å². The number of carboxylic acid groups (broad SMARTS) is 1. The summed E-state index contributed by atoms with van der Waals surface area (Å²) in [4.78, 5) is 35.9. The van der Waals surface area contributed by atoms with Crippen LogP contribution in [0.25, 0.3) is 0 Å². The average Bonchev–Trinajstić information content (AvgIpc) is 3.01. The van der Waals surface area contributed by atoms with Crippen LogP contribution < -0.4 is 16.0 Å². The third kappa shape index (κ3) is 13.6. The Morgan fingerprint density at radius 3 is 2.38 bits per heavy atom. The number of carboxylic acids is 1. The van der Waals surface area contributed by atoms with E-state index in [-0.39, 0.29) is 30.1 Å². The van der Waals surface area contributed by atoms with Crippen LogP contribution in [0.2, 0.25) is 5.02 Å². The van der Waals surface area contributed by atoms with Crippen molar-refractivity contribution < 1.29 is 42.1 Å². The standard InChI is InChI=1S/C29H47ClN4O4.C2HF3O2/c1-4-25(31-2)26(18-21-10-6-5-7-11-21)33-28(35)34-16-9-13-23(20-34)27(22-12-8-14-24(30)19-22)38-17-15-32-29(36)37-3;3-2(4,5)1(6)7/h8,12,14,19,21,23,25-27,31H,4-7,9-11,13,15-18,20H2,1-3H3,(H,32,36)(H,33,35);(H,6,7)/t23-,25-,26+,27+;/m1./s1. The Hall–Kier alpha value is -2.77. The summed E-state index contributed by atoms with van der Waals surface area (Å²) in [6, 6.07) is 8.10. The van der Waals surface area contributed by atoms with Crippen LogP contribution in [-0.2, 0) is 14.3 Å². The summed E-state index contributed by atoms with van der Waals surface area (Å²) in [5.74, 6) is -1.95. The summed E-state index contributed by atoms with van der Waals surface area (Å²) in [5, 5.41) is 17.3. The number of nitrogens with zero attached hydrogens (tertiary/aromatic N) is 1. The minimum atomic E-state index is -5.08. The van der Waals surface area contributed by atoms with E-state index in [9.17, 15) is 22.8 Å². The van der Waals surface area contributed by atoms with E-state index in [1.165, 1.54) is 39.2 Å². The monoisotopic (exact) mass is 664 g/mol. The number of alkyl halides is 3. The Labute approximate surface area is 268 Å². The first kappa shape index (κ1) is 38.4. The zero-order chi connectivity index (χ0) is 33.4. The number of halogens is 4. The first-order chi connectivity index (χ1) is 21.4. The molecule has 2 aliphatic rings. The van der Waals surface area contributed by atoms with Gasteiger partial charge in [-0.1, -0.05) is 62.8 Å². The molecule has 0 aromatic heterocycles. The number of urea groups is 1. The lowest BCUT2D eigenvalue weighted by Crippen LogP contribution is -2.55. The third-order valence-electron chi connectivity index (χ3n) is 8.36. The number of ether oxygens (including phenoxy) is 2. The number of hydrogen-bond donors (Lipinski definition) is 4. The maximum Gasteiger partial charge on any atom is 0.490 e. The molecule has 14 heteroatoms. The predicted molar refractivity (Wildman–Crippen MR) is 165 cm³/mol. The van der Waals surface area contributed by atoms with E-state index in [1.54, 1.807) is 0 Å². The Balaban J connectivity index is 0.000000900. The van der Waals surface area contributed by atoms with Crippen LogP contribution in [0.3, 0.4) is 0 Å². The van der Waals surface area contributed by atoms with Crippen molar-refractivity contribution in [2.24, 2.45) is 11.8 Å². The van der Waals surface area contributed by atoms with E-state index in [0.717, 1.165) is 37.8 Å². The Bertz CT molecular complexity index is 1060. The van der Waals surface area contributed by atoms with E-state index >= 15 is 0 Å². The van der Waals surface area contributed by atoms with Gasteiger partial charge in [-0.2, -0.15) is 13.2 Å². The number of carbonyl (C=O) groups is 3. The van der Waals surface area contributed by atoms with Gasteiger partial charge in [0.05, 0.1) is 19.8 Å². The summed E-state index contributed by atoms with van der Waals surface area (Å²) >= 11 is 6.31. The van der Waals surface area contributed by atoms with Crippen molar-refractivity contribution in [3.05, 3.63) is 34.9 Å². The highest BCUT2D eigenvalue weighted by Gasteiger charge is 2.38. The third-order valence-corrected chi connectivity index (χ3v) is 8.60. The van der Waals surface area contributed by atoms with Crippen LogP contribution in [0.1, 0.15) is 76.4 Å². The van der Waals surface area contributed by atoms with Crippen LogP contribution in [0.5, 0.6) is 0 Å². The molecule has 1 saturated carbocycles. The van der Waals surface area contributed by atoms with Crippen molar-refractivity contribution in [2.75, 3.05) is 40.4 Å². The zero-order valence-corrected chi connectivity index (χ0v) is 27.1. The quantitative estimate of drug-likeness (QED) is 0.197. The van der Waals surface area contributed by atoms with Crippen molar-refractivity contribution in [2.45, 2.75) is 89.1 Å². The molecule has 3 rings (SSSR count). The second-order valence-corrected chi connectivity index (χ2v) is 12.0. The highest BCUT2D eigenvalue weighted by molar-refractivity contribution is 6.30. The molecule has 2 fully saturated rings. The normalized spacial score (nSPS) is 19.4. The van der Waals surface area contributed by atoms with Crippen molar-refractivity contribution in [1.82, 2.24) is 20.9 Å². The molecule has 0 unspecified atom stereocenters. The molecule has 3 amide bonds. The van der Waals surface area contributed by atoms with Gasteiger partial charge < -0.3 is 35.4 Å². The molecule has 1 aromatic rings. The highest BCUT2D eigenvalue weighted by Crippen LogP contribution is 2.34. The maximum absolute atomic E-state index is 13.6. The molecular weight excluding hydrogens is 617 g/mol. The summed E-state index contributed by atoms with van der Waals surface area (Å²) in [7, 11) is 3.33. The molecule has 4 N–H and O–H groups in total. The lowest BCUT2D eigenvalue weighted by molar-refractivity contribution is -0.192. The van der Waals surface area contributed by atoms with Crippen LogP contribution in [0.4, 0.5) is 22.8 Å². The Kier molecular flexibility index (Phi) is 16.8. The molecule has 0 bridgehead atoms. The van der Waals surface area contributed by atoms with Gasteiger partial charge in [0.2, 0.25) is 0 Å². The van der Waals surface area contributed by atoms with Crippen molar-refractivity contribution in [1.29, 1.82) is 0 Å². The van der Waals surface area contributed by atoms with E-state index in [0.29, 0.717) is 30.6 Å². The van der Waals surface area contributed by atoms with Gasteiger partial charge in [0.1, 0.15) is 0 Å². The lowest BCUT2D eigenvalue weighted by Gasteiger charge is -2.39.